The minimum Gasteiger partial charge on any atom is -0.179 e. The van der Waals surface area contributed by atoms with Gasteiger partial charge in [0, 0.05) is 11.6 Å². The van der Waals surface area contributed by atoms with Crippen LogP contribution in [-0.4, -0.2) is 5.75 Å². The molecule has 0 atom stereocenters. The third kappa shape index (κ3) is 3.72. The Hall–Kier alpha value is -0.570. The van der Waals surface area contributed by atoms with E-state index in [1.54, 1.807) is 0 Å². The number of hydrogen-bond donors (Lipinski definition) is 1. The highest BCUT2D eigenvalue weighted by atomic mass is 32.1. The molecule has 0 bridgehead atoms. The van der Waals surface area contributed by atoms with E-state index in [-0.39, 0.29) is 0 Å². The summed E-state index contributed by atoms with van der Waals surface area (Å²) in [6.07, 6.45) is 8.21. The Labute approximate surface area is 79.8 Å². The van der Waals surface area contributed by atoms with Crippen LogP contribution in [-0.2, 0) is 0 Å². The fraction of sp³-hybridized carbons (Fsp3) is 0.545. The van der Waals surface area contributed by atoms with Gasteiger partial charge < -0.3 is 0 Å². The molecule has 0 N–H and O–H groups in total. The summed E-state index contributed by atoms with van der Waals surface area (Å²) in [5.74, 6) is 1.02. The van der Waals surface area contributed by atoms with Crippen molar-refractivity contribution < 1.29 is 0 Å². The zero-order valence-corrected chi connectivity index (χ0v) is 8.16. The number of hydrogen-bond acceptors (Lipinski definition) is 1. The average Bonchev–Trinajstić information content (AvgIpc) is 2.57. The normalized spacial score (nSPS) is 12.6. The van der Waals surface area contributed by atoms with E-state index in [2.05, 4.69) is 29.8 Å². The van der Waals surface area contributed by atoms with Crippen LogP contribution in [0.25, 0.3) is 0 Å². The van der Waals surface area contributed by atoms with Gasteiger partial charge in [-0.1, -0.05) is 24.3 Å². The zero-order valence-electron chi connectivity index (χ0n) is 7.27. The van der Waals surface area contributed by atoms with Gasteiger partial charge in [-0.25, -0.2) is 0 Å². The molecule has 1 aliphatic carbocycles. The van der Waals surface area contributed by atoms with Crippen LogP contribution in [0.2, 0.25) is 0 Å². The SMILES string of the molecule is SCCCCCCC1=C=C=C=C1. The van der Waals surface area contributed by atoms with Crippen molar-refractivity contribution in [2.75, 3.05) is 5.75 Å². The first kappa shape index (κ1) is 9.52. The number of allylic oxidation sites excluding steroid dienone is 2. The third-order valence-corrected chi connectivity index (χ3v) is 2.21. The van der Waals surface area contributed by atoms with Crippen LogP contribution < -0.4 is 0 Å². The van der Waals surface area contributed by atoms with Crippen LogP contribution in [0.5, 0.6) is 0 Å². The quantitative estimate of drug-likeness (QED) is 0.360. The van der Waals surface area contributed by atoms with Gasteiger partial charge in [-0.15, -0.1) is 0 Å². The Morgan fingerprint density at radius 2 is 2.00 bits per heavy atom. The van der Waals surface area contributed by atoms with Crippen molar-refractivity contribution in [3.05, 3.63) is 28.8 Å². The predicted molar refractivity (Wildman–Crippen MR) is 55.6 cm³/mol. The summed E-state index contributed by atoms with van der Waals surface area (Å²) in [6.45, 7) is 0. The van der Waals surface area contributed by atoms with Crippen molar-refractivity contribution in [1.82, 2.24) is 0 Å². The van der Waals surface area contributed by atoms with E-state index in [0.717, 1.165) is 12.2 Å². The Bertz CT molecular complexity index is 257. The maximum atomic E-state index is 4.17. The minimum atomic E-state index is 1.02. The fourth-order valence-electron chi connectivity index (χ4n) is 1.19. The van der Waals surface area contributed by atoms with Crippen LogP contribution in [0, 0.1) is 0 Å². The molecule has 0 amide bonds. The molecule has 0 spiro atoms. The fourth-order valence-corrected chi connectivity index (χ4v) is 1.41. The van der Waals surface area contributed by atoms with Crippen molar-refractivity contribution in [2.45, 2.75) is 32.1 Å². The molecule has 0 fully saturated rings. The molecule has 0 radical (unpaired) electrons. The van der Waals surface area contributed by atoms with Gasteiger partial charge in [0.2, 0.25) is 0 Å². The molecule has 0 nitrogen and oxygen atoms in total. The van der Waals surface area contributed by atoms with Crippen molar-refractivity contribution in [2.24, 2.45) is 0 Å². The van der Waals surface area contributed by atoms with Gasteiger partial charge in [0.1, 0.15) is 0 Å². The van der Waals surface area contributed by atoms with E-state index >= 15 is 0 Å². The first-order valence-electron chi connectivity index (χ1n) is 4.50. The summed E-state index contributed by atoms with van der Waals surface area (Å²) in [5, 5.41) is 0. The van der Waals surface area contributed by atoms with Gasteiger partial charge in [-0.05, 0) is 30.7 Å². The largest absolute Gasteiger partial charge is 0.179 e. The predicted octanol–water partition coefficient (Wildman–Crippen LogP) is 3.27. The molecule has 64 valence electrons. The lowest BCUT2D eigenvalue weighted by atomic mass is 10.1. The van der Waals surface area contributed by atoms with Crippen LogP contribution in [0.1, 0.15) is 32.1 Å². The molecule has 1 rings (SSSR count). The molecule has 0 aliphatic heterocycles. The summed E-state index contributed by atoms with van der Waals surface area (Å²) in [7, 11) is 0. The van der Waals surface area contributed by atoms with E-state index in [9.17, 15) is 0 Å². The Morgan fingerprint density at radius 1 is 1.17 bits per heavy atom. The Balaban J connectivity index is 1.97. The van der Waals surface area contributed by atoms with Gasteiger partial charge in [-0.3, -0.25) is 0 Å². The maximum absolute atomic E-state index is 4.17. The molecule has 12 heavy (non-hydrogen) atoms. The Morgan fingerprint density at radius 3 is 2.67 bits per heavy atom. The van der Waals surface area contributed by atoms with E-state index in [0.29, 0.717) is 0 Å². The monoisotopic (exact) mass is 178 g/mol. The van der Waals surface area contributed by atoms with Crippen LogP contribution in [0.15, 0.2) is 28.8 Å². The van der Waals surface area contributed by atoms with Gasteiger partial charge in [0.15, 0.2) is 0 Å². The van der Waals surface area contributed by atoms with Crippen molar-refractivity contribution in [3.8, 4) is 0 Å². The summed E-state index contributed by atoms with van der Waals surface area (Å²) in [4.78, 5) is 0. The second kappa shape index (κ2) is 6.00. The molecule has 0 saturated carbocycles. The molecule has 1 aliphatic rings. The lowest BCUT2D eigenvalue weighted by Gasteiger charge is -1.97. The van der Waals surface area contributed by atoms with Gasteiger partial charge >= 0.3 is 0 Å². The summed E-state index contributed by atoms with van der Waals surface area (Å²) < 4.78 is 0. The van der Waals surface area contributed by atoms with Crippen molar-refractivity contribution in [3.63, 3.8) is 0 Å². The van der Waals surface area contributed by atoms with Crippen LogP contribution in [0.4, 0.5) is 0 Å². The molecular weight excluding hydrogens is 164 g/mol. The van der Waals surface area contributed by atoms with E-state index in [4.69, 9.17) is 0 Å². The number of rotatable bonds is 6. The van der Waals surface area contributed by atoms with Crippen molar-refractivity contribution in [1.29, 1.82) is 0 Å². The lowest BCUT2D eigenvalue weighted by molar-refractivity contribution is 0.672. The van der Waals surface area contributed by atoms with E-state index in [1.165, 1.54) is 31.3 Å². The molecule has 1 heteroatoms. The molecular formula is C11H14S. The summed E-state index contributed by atoms with van der Waals surface area (Å²) in [5.41, 5.74) is 9.99. The first-order valence-corrected chi connectivity index (χ1v) is 5.13. The standard InChI is InChI=1S/C11H14S/c12-10-6-2-1-3-7-11-8-4-5-9-11/h8,12H,1-3,6-7,10H2. The average molecular weight is 178 g/mol. The van der Waals surface area contributed by atoms with E-state index < -0.39 is 0 Å². The maximum Gasteiger partial charge on any atom is 0.0114 e. The second-order valence-corrected chi connectivity index (χ2v) is 3.40. The third-order valence-electron chi connectivity index (χ3n) is 1.90. The van der Waals surface area contributed by atoms with Crippen LogP contribution in [0.3, 0.4) is 0 Å². The number of thiol groups is 1. The molecule has 0 heterocycles. The van der Waals surface area contributed by atoms with Crippen molar-refractivity contribution >= 4 is 12.6 Å². The smallest absolute Gasteiger partial charge is 0.0114 e. The molecule has 0 aromatic carbocycles. The molecule has 0 unspecified atom stereocenters. The summed E-state index contributed by atoms with van der Waals surface area (Å²) >= 11 is 4.17. The highest BCUT2D eigenvalue weighted by Crippen LogP contribution is 2.11. The molecule has 0 saturated heterocycles. The summed E-state index contributed by atoms with van der Waals surface area (Å²) in [6, 6.07) is 0. The van der Waals surface area contributed by atoms with Gasteiger partial charge in [0.05, 0.1) is 0 Å². The second-order valence-electron chi connectivity index (χ2n) is 2.95. The minimum absolute atomic E-state index is 1.02. The van der Waals surface area contributed by atoms with Gasteiger partial charge in [0.25, 0.3) is 0 Å². The van der Waals surface area contributed by atoms with E-state index in [1.807, 2.05) is 6.08 Å². The number of unbranched alkanes of at least 4 members (excludes halogenated alkanes) is 3. The highest BCUT2D eigenvalue weighted by Gasteiger charge is 1.94. The van der Waals surface area contributed by atoms with Gasteiger partial charge in [-0.2, -0.15) is 12.6 Å². The topological polar surface area (TPSA) is 0 Å². The van der Waals surface area contributed by atoms with Crippen LogP contribution >= 0.6 is 12.6 Å². The lowest BCUT2D eigenvalue weighted by Crippen LogP contribution is -1.81. The highest BCUT2D eigenvalue weighted by molar-refractivity contribution is 7.80. The molecule has 0 aromatic rings. The Kier molecular flexibility index (Phi) is 4.76. The first-order chi connectivity index (χ1) is 5.93. The zero-order chi connectivity index (χ0) is 8.65. The molecule has 0 aromatic heterocycles.